The van der Waals surface area contributed by atoms with Gasteiger partial charge in [-0.3, -0.25) is 4.79 Å². The van der Waals surface area contributed by atoms with Crippen LogP contribution in [0.4, 0.5) is 13.2 Å². The number of carbonyl (C=O) groups excluding carboxylic acids is 1. The fourth-order valence-corrected chi connectivity index (χ4v) is 4.16. The van der Waals surface area contributed by atoms with E-state index in [1.54, 1.807) is 11.8 Å². The number of aryl methyl sites for hydroxylation is 1. The molecule has 1 aromatic carbocycles. The van der Waals surface area contributed by atoms with Crippen LogP contribution < -0.4 is 0 Å². The van der Waals surface area contributed by atoms with E-state index in [0.29, 0.717) is 48.4 Å². The Kier molecular flexibility index (Phi) is 4.83. The summed E-state index contributed by atoms with van der Waals surface area (Å²) in [5, 5.41) is 12.5. The van der Waals surface area contributed by atoms with E-state index in [1.807, 2.05) is 24.3 Å². The van der Waals surface area contributed by atoms with E-state index in [0.717, 1.165) is 10.6 Å². The second-order valence-electron chi connectivity index (χ2n) is 8.02. The number of likely N-dealkylation sites (tertiary alicyclic amines) is 1. The number of hydrogen-bond donors (Lipinski definition) is 0. The fourth-order valence-electron chi connectivity index (χ4n) is 4.16. The Hall–Kier alpha value is -3.50. The van der Waals surface area contributed by atoms with Crippen LogP contribution in [-0.2, 0) is 17.5 Å². The lowest BCUT2D eigenvalue weighted by Gasteiger charge is -2.32. The minimum Gasteiger partial charge on any atom is -0.340 e. The molecule has 0 saturated carbocycles. The standard InChI is InChI=1S/C21H20F3N7O/c1-13-9-19-25-17(10-18(21(22,23)24)31(19)26-13)14-5-4-8-29(11-14)20(32)12-30-27-15-6-2-3-7-16(15)28-30/h2-3,6-7,9-10,14H,4-5,8,11-12H2,1H3. The molecule has 1 fully saturated rings. The molecule has 1 aliphatic rings. The number of halogens is 3. The molecule has 0 spiro atoms. The number of piperidine rings is 1. The number of alkyl halides is 3. The Bertz CT molecular complexity index is 1280. The predicted molar refractivity (Wildman–Crippen MR) is 109 cm³/mol. The predicted octanol–water partition coefficient (Wildman–Crippen LogP) is 3.21. The van der Waals surface area contributed by atoms with Gasteiger partial charge in [0, 0.05) is 30.8 Å². The molecule has 4 aromatic rings. The van der Waals surface area contributed by atoms with Crippen molar-refractivity contribution in [3.8, 4) is 0 Å². The Balaban J connectivity index is 1.38. The summed E-state index contributed by atoms with van der Waals surface area (Å²) >= 11 is 0. The molecule has 11 heteroatoms. The Morgan fingerprint density at radius 3 is 2.53 bits per heavy atom. The summed E-state index contributed by atoms with van der Waals surface area (Å²) in [6.45, 7) is 2.44. The summed E-state index contributed by atoms with van der Waals surface area (Å²) in [6.07, 6.45) is -3.23. The second-order valence-corrected chi connectivity index (χ2v) is 8.02. The summed E-state index contributed by atoms with van der Waals surface area (Å²) in [5.41, 5.74) is 1.48. The van der Waals surface area contributed by atoms with Gasteiger partial charge in [-0.25, -0.2) is 9.50 Å². The largest absolute Gasteiger partial charge is 0.433 e. The molecule has 5 rings (SSSR count). The topological polar surface area (TPSA) is 81.2 Å². The molecule has 8 nitrogen and oxygen atoms in total. The quantitative estimate of drug-likeness (QED) is 0.486. The number of benzene rings is 1. The number of fused-ring (bicyclic) bond motifs is 2. The maximum atomic E-state index is 13.6. The highest BCUT2D eigenvalue weighted by molar-refractivity contribution is 5.77. The minimum absolute atomic E-state index is 0.0243. The van der Waals surface area contributed by atoms with E-state index in [1.165, 1.54) is 10.9 Å². The number of rotatable bonds is 3. The van der Waals surface area contributed by atoms with Crippen molar-refractivity contribution in [3.05, 3.63) is 53.5 Å². The van der Waals surface area contributed by atoms with Gasteiger partial charge >= 0.3 is 6.18 Å². The van der Waals surface area contributed by atoms with Crippen molar-refractivity contribution in [1.82, 2.24) is 34.5 Å². The van der Waals surface area contributed by atoms with Gasteiger partial charge in [0.05, 0.1) is 5.69 Å². The molecular weight excluding hydrogens is 423 g/mol. The lowest BCUT2D eigenvalue weighted by atomic mass is 9.94. The van der Waals surface area contributed by atoms with Crippen LogP contribution in [0.25, 0.3) is 16.7 Å². The fraction of sp³-hybridized carbons (Fsp3) is 0.381. The van der Waals surface area contributed by atoms with Crippen LogP contribution in [0.5, 0.6) is 0 Å². The molecule has 1 amide bonds. The van der Waals surface area contributed by atoms with Crippen LogP contribution in [0, 0.1) is 6.92 Å². The van der Waals surface area contributed by atoms with Crippen LogP contribution in [0.3, 0.4) is 0 Å². The van der Waals surface area contributed by atoms with Crippen molar-refractivity contribution in [3.63, 3.8) is 0 Å². The number of aromatic nitrogens is 6. The highest BCUT2D eigenvalue weighted by Gasteiger charge is 2.36. The van der Waals surface area contributed by atoms with Crippen molar-refractivity contribution < 1.29 is 18.0 Å². The number of nitrogens with zero attached hydrogens (tertiary/aromatic N) is 7. The van der Waals surface area contributed by atoms with Crippen LogP contribution in [-0.4, -0.2) is 53.5 Å². The van der Waals surface area contributed by atoms with Gasteiger partial charge in [-0.1, -0.05) is 12.1 Å². The molecule has 4 heterocycles. The lowest BCUT2D eigenvalue weighted by Crippen LogP contribution is -2.41. The van der Waals surface area contributed by atoms with Gasteiger partial charge in [-0.15, -0.1) is 0 Å². The highest BCUT2D eigenvalue weighted by Crippen LogP contribution is 2.33. The van der Waals surface area contributed by atoms with Crippen molar-refractivity contribution in [2.75, 3.05) is 13.1 Å². The summed E-state index contributed by atoms with van der Waals surface area (Å²) in [6, 6.07) is 9.91. The maximum absolute atomic E-state index is 13.6. The van der Waals surface area contributed by atoms with Gasteiger partial charge in [-0.2, -0.15) is 33.3 Å². The van der Waals surface area contributed by atoms with Crippen molar-refractivity contribution in [2.45, 2.75) is 38.4 Å². The average Bonchev–Trinajstić information content (AvgIpc) is 3.33. The Morgan fingerprint density at radius 1 is 1.12 bits per heavy atom. The van der Waals surface area contributed by atoms with E-state index >= 15 is 0 Å². The monoisotopic (exact) mass is 443 g/mol. The van der Waals surface area contributed by atoms with E-state index in [9.17, 15) is 18.0 Å². The first kappa shape index (κ1) is 20.4. The molecule has 1 unspecified atom stereocenters. The molecule has 0 aliphatic carbocycles. The molecule has 0 radical (unpaired) electrons. The first-order chi connectivity index (χ1) is 15.3. The van der Waals surface area contributed by atoms with Crippen molar-refractivity contribution in [1.29, 1.82) is 0 Å². The third-order valence-corrected chi connectivity index (χ3v) is 5.66. The first-order valence-electron chi connectivity index (χ1n) is 10.3. The minimum atomic E-state index is -4.56. The third-order valence-electron chi connectivity index (χ3n) is 5.66. The van der Waals surface area contributed by atoms with Crippen molar-refractivity contribution >= 4 is 22.6 Å². The molecule has 1 saturated heterocycles. The van der Waals surface area contributed by atoms with Gasteiger partial charge in [0.25, 0.3) is 0 Å². The Labute approximate surface area is 180 Å². The summed E-state index contributed by atoms with van der Waals surface area (Å²) in [4.78, 5) is 20.3. The molecular formula is C21H20F3N7O. The van der Waals surface area contributed by atoms with Gasteiger partial charge in [0.15, 0.2) is 5.65 Å². The summed E-state index contributed by atoms with van der Waals surface area (Å²) in [5.74, 6) is -0.467. The van der Waals surface area contributed by atoms with E-state index in [4.69, 9.17) is 0 Å². The molecule has 32 heavy (non-hydrogen) atoms. The number of amides is 1. The van der Waals surface area contributed by atoms with Crippen molar-refractivity contribution in [2.24, 2.45) is 0 Å². The Morgan fingerprint density at radius 2 is 1.84 bits per heavy atom. The normalized spacial score (nSPS) is 17.4. The lowest BCUT2D eigenvalue weighted by molar-refractivity contribution is -0.143. The van der Waals surface area contributed by atoms with Crippen LogP contribution in [0.2, 0.25) is 0 Å². The molecule has 0 N–H and O–H groups in total. The van der Waals surface area contributed by atoms with Gasteiger partial charge in [0.2, 0.25) is 5.91 Å². The number of carbonyl (C=O) groups is 1. The van der Waals surface area contributed by atoms with E-state index < -0.39 is 11.9 Å². The summed E-state index contributed by atoms with van der Waals surface area (Å²) < 4.78 is 41.8. The highest BCUT2D eigenvalue weighted by atomic mass is 19.4. The molecule has 1 aliphatic heterocycles. The van der Waals surface area contributed by atoms with Gasteiger partial charge in [0.1, 0.15) is 23.3 Å². The zero-order chi connectivity index (χ0) is 22.5. The second kappa shape index (κ2) is 7.57. The molecule has 3 aromatic heterocycles. The zero-order valence-corrected chi connectivity index (χ0v) is 17.2. The molecule has 1 atom stereocenters. The SMILES string of the molecule is Cc1cc2nc(C3CCCN(C(=O)Cn4nc5ccccc5n4)C3)cc(C(F)(F)F)n2n1. The van der Waals surface area contributed by atoms with Crippen LogP contribution in [0.15, 0.2) is 36.4 Å². The van der Waals surface area contributed by atoms with Crippen LogP contribution in [0.1, 0.15) is 35.8 Å². The average molecular weight is 443 g/mol. The van der Waals surface area contributed by atoms with Gasteiger partial charge in [-0.05, 0) is 38.0 Å². The van der Waals surface area contributed by atoms with Crippen LogP contribution >= 0.6 is 0 Å². The van der Waals surface area contributed by atoms with E-state index in [2.05, 4.69) is 20.3 Å². The summed E-state index contributed by atoms with van der Waals surface area (Å²) in [7, 11) is 0. The smallest absolute Gasteiger partial charge is 0.340 e. The van der Waals surface area contributed by atoms with E-state index in [-0.39, 0.29) is 24.0 Å². The molecule has 0 bridgehead atoms. The number of hydrogen-bond acceptors (Lipinski definition) is 5. The first-order valence-corrected chi connectivity index (χ1v) is 10.3. The third kappa shape index (κ3) is 3.78. The maximum Gasteiger partial charge on any atom is 0.433 e. The van der Waals surface area contributed by atoms with Gasteiger partial charge < -0.3 is 4.90 Å². The zero-order valence-electron chi connectivity index (χ0n) is 17.2. The molecule has 166 valence electrons.